The van der Waals surface area contributed by atoms with Crippen LogP contribution in [0.2, 0.25) is 0 Å². The summed E-state index contributed by atoms with van der Waals surface area (Å²) < 4.78 is 19.0. The third-order valence-electron chi connectivity index (χ3n) is 4.70. The molecule has 0 aliphatic heterocycles. The number of imidazole rings is 1. The van der Waals surface area contributed by atoms with Crippen LogP contribution in [0.1, 0.15) is 5.56 Å². The van der Waals surface area contributed by atoms with Gasteiger partial charge >= 0.3 is 0 Å². The lowest BCUT2D eigenvalue weighted by atomic mass is 10.2. The van der Waals surface area contributed by atoms with Gasteiger partial charge in [-0.25, -0.2) is 15.0 Å². The summed E-state index contributed by atoms with van der Waals surface area (Å²) in [5.41, 5.74) is 2.35. The maximum atomic E-state index is 6.02. The molecule has 0 aliphatic carbocycles. The smallest absolute Gasteiger partial charge is 0.163 e. The Labute approximate surface area is 210 Å². The predicted octanol–water partition coefficient (Wildman–Crippen LogP) is 4.50. The second-order valence-corrected chi connectivity index (χ2v) is 6.88. The largest absolute Gasteiger partial charge is 0.488 e. The van der Waals surface area contributed by atoms with Crippen LogP contribution in [-0.2, 0) is 11.3 Å². The van der Waals surface area contributed by atoms with Crippen molar-refractivity contribution in [2.24, 2.45) is 0 Å². The van der Waals surface area contributed by atoms with Crippen LogP contribution in [0.15, 0.2) is 61.4 Å². The van der Waals surface area contributed by atoms with Gasteiger partial charge in [-0.1, -0.05) is 12.0 Å². The van der Waals surface area contributed by atoms with Gasteiger partial charge in [0, 0.05) is 42.2 Å². The molecule has 8 nitrogen and oxygen atoms in total. The number of methoxy groups -OCH3 is 1. The van der Waals surface area contributed by atoms with Crippen LogP contribution in [0, 0.1) is 12.3 Å². The molecule has 0 amide bonds. The summed E-state index contributed by atoms with van der Waals surface area (Å²) in [5.74, 6) is 4.48. The number of terminal acetylenes is 1. The summed E-state index contributed by atoms with van der Waals surface area (Å²) in [5, 5.41) is 4.12. The molecule has 2 heterocycles. The number of halogens is 2. The number of anilines is 2. The summed E-state index contributed by atoms with van der Waals surface area (Å²) >= 11 is 0. The fourth-order valence-corrected chi connectivity index (χ4v) is 3.13. The molecule has 34 heavy (non-hydrogen) atoms. The first-order chi connectivity index (χ1) is 15.8. The third kappa shape index (κ3) is 6.75. The van der Waals surface area contributed by atoms with Crippen molar-refractivity contribution in [3.63, 3.8) is 0 Å². The molecule has 2 aromatic heterocycles. The van der Waals surface area contributed by atoms with Gasteiger partial charge in [0.25, 0.3) is 0 Å². The van der Waals surface area contributed by atoms with E-state index in [1.165, 1.54) is 6.33 Å². The molecule has 0 aliphatic rings. The van der Waals surface area contributed by atoms with E-state index in [-0.39, 0.29) is 24.8 Å². The Hall–Kier alpha value is -3.51. The Morgan fingerprint density at radius 3 is 2.62 bits per heavy atom. The molecular weight excluding hydrogens is 477 g/mol. The van der Waals surface area contributed by atoms with Crippen molar-refractivity contribution < 1.29 is 14.2 Å². The SMILES string of the molecule is C#Cc1cccc(Nc2ncnc3cc(OCCn4ccnc4)c(OCCOC)cc23)c1.Cl.Cl. The van der Waals surface area contributed by atoms with E-state index < -0.39 is 0 Å². The number of hydrogen-bond acceptors (Lipinski definition) is 7. The Balaban J connectivity index is 0.00000204. The topological polar surface area (TPSA) is 83.3 Å². The number of rotatable bonds is 10. The summed E-state index contributed by atoms with van der Waals surface area (Å²) in [4.78, 5) is 12.9. The molecular formula is C24H25Cl2N5O3. The van der Waals surface area contributed by atoms with Crippen molar-refractivity contribution >= 4 is 47.2 Å². The van der Waals surface area contributed by atoms with Gasteiger partial charge in [0.2, 0.25) is 0 Å². The summed E-state index contributed by atoms with van der Waals surface area (Å²) in [6.45, 7) is 1.97. The van der Waals surface area contributed by atoms with Crippen molar-refractivity contribution in [1.82, 2.24) is 19.5 Å². The lowest BCUT2D eigenvalue weighted by Gasteiger charge is -2.15. The van der Waals surface area contributed by atoms with Crippen molar-refractivity contribution in [3.05, 3.63) is 67.0 Å². The lowest BCUT2D eigenvalue weighted by molar-refractivity contribution is 0.143. The summed E-state index contributed by atoms with van der Waals surface area (Å²) in [6.07, 6.45) is 12.4. The Bertz CT molecular complexity index is 1230. The quantitative estimate of drug-likeness (QED) is 0.253. The fraction of sp³-hybridized carbons (Fsp3) is 0.208. The zero-order chi connectivity index (χ0) is 22.2. The molecule has 4 rings (SSSR count). The molecule has 0 bridgehead atoms. The maximum absolute atomic E-state index is 6.02. The first-order valence-electron chi connectivity index (χ1n) is 10.1. The number of fused-ring (bicyclic) bond motifs is 1. The molecule has 0 saturated carbocycles. The van der Waals surface area contributed by atoms with Gasteiger partial charge < -0.3 is 24.1 Å². The van der Waals surface area contributed by atoms with Gasteiger partial charge in [0.05, 0.1) is 25.0 Å². The zero-order valence-electron chi connectivity index (χ0n) is 18.5. The van der Waals surface area contributed by atoms with Crippen molar-refractivity contribution in [2.45, 2.75) is 6.54 Å². The van der Waals surface area contributed by atoms with Gasteiger partial charge in [-0.05, 0) is 24.3 Å². The highest BCUT2D eigenvalue weighted by Crippen LogP contribution is 2.35. The number of benzene rings is 2. The molecule has 0 spiro atoms. The molecule has 0 unspecified atom stereocenters. The van der Waals surface area contributed by atoms with Crippen molar-refractivity contribution in [3.8, 4) is 23.8 Å². The molecule has 1 N–H and O–H groups in total. The minimum atomic E-state index is 0. The van der Waals surface area contributed by atoms with Crippen LogP contribution in [0.3, 0.4) is 0 Å². The normalized spacial score (nSPS) is 10.0. The Morgan fingerprint density at radius 2 is 1.85 bits per heavy atom. The van der Waals surface area contributed by atoms with E-state index in [9.17, 15) is 0 Å². The zero-order valence-corrected chi connectivity index (χ0v) is 20.1. The predicted molar refractivity (Wildman–Crippen MR) is 137 cm³/mol. The van der Waals surface area contributed by atoms with Gasteiger partial charge in [0.1, 0.15) is 25.4 Å². The number of nitrogens with one attached hydrogen (secondary N) is 1. The average Bonchev–Trinajstić information content (AvgIpc) is 3.33. The maximum Gasteiger partial charge on any atom is 0.163 e. The molecule has 10 heteroatoms. The highest BCUT2D eigenvalue weighted by molar-refractivity contribution is 5.93. The molecule has 0 atom stereocenters. The molecule has 0 fully saturated rings. The fourth-order valence-electron chi connectivity index (χ4n) is 3.13. The molecule has 0 radical (unpaired) electrons. The van der Waals surface area contributed by atoms with E-state index in [4.69, 9.17) is 20.6 Å². The number of ether oxygens (including phenoxy) is 3. The van der Waals surface area contributed by atoms with Crippen LogP contribution in [-0.4, -0.2) is 46.4 Å². The highest BCUT2D eigenvalue weighted by atomic mass is 35.5. The van der Waals surface area contributed by atoms with Gasteiger partial charge in [-0.2, -0.15) is 0 Å². The van der Waals surface area contributed by atoms with E-state index in [0.29, 0.717) is 43.7 Å². The summed E-state index contributed by atoms with van der Waals surface area (Å²) in [6, 6.07) is 11.3. The third-order valence-corrected chi connectivity index (χ3v) is 4.70. The van der Waals surface area contributed by atoms with E-state index in [2.05, 4.69) is 26.2 Å². The lowest BCUT2D eigenvalue weighted by Crippen LogP contribution is -2.09. The van der Waals surface area contributed by atoms with Crippen LogP contribution in [0.25, 0.3) is 10.9 Å². The molecule has 0 saturated heterocycles. The van der Waals surface area contributed by atoms with Crippen LogP contribution in [0.4, 0.5) is 11.5 Å². The van der Waals surface area contributed by atoms with Crippen LogP contribution < -0.4 is 14.8 Å². The van der Waals surface area contributed by atoms with E-state index >= 15 is 0 Å². The molecule has 2 aromatic carbocycles. The van der Waals surface area contributed by atoms with E-state index in [1.54, 1.807) is 19.6 Å². The Kier molecular flexibility index (Phi) is 10.4. The number of hydrogen-bond donors (Lipinski definition) is 1. The van der Waals surface area contributed by atoms with E-state index in [0.717, 1.165) is 22.2 Å². The first-order valence-corrected chi connectivity index (χ1v) is 10.1. The first kappa shape index (κ1) is 26.7. The Morgan fingerprint density at radius 1 is 1.03 bits per heavy atom. The van der Waals surface area contributed by atoms with Crippen LogP contribution >= 0.6 is 24.8 Å². The molecule has 178 valence electrons. The second-order valence-electron chi connectivity index (χ2n) is 6.88. The van der Waals surface area contributed by atoms with Crippen LogP contribution in [0.5, 0.6) is 11.5 Å². The monoisotopic (exact) mass is 501 g/mol. The molecule has 4 aromatic rings. The highest BCUT2D eigenvalue weighted by Gasteiger charge is 2.13. The minimum absolute atomic E-state index is 0. The number of nitrogens with zero attached hydrogens (tertiary/aromatic N) is 4. The van der Waals surface area contributed by atoms with Gasteiger partial charge in [-0.15, -0.1) is 31.2 Å². The minimum Gasteiger partial charge on any atom is -0.488 e. The number of aromatic nitrogens is 4. The summed E-state index contributed by atoms with van der Waals surface area (Å²) in [7, 11) is 1.63. The van der Waals surface area contributed by atoms with Gasteiger partial charge in [0.15, 0.2) is 11.5 Å². The average molecular weight is 502 g/mol. The standard InChI is InChI=1S/C24H23N5O3.2ClH/c1-3-18-5-4-6-19(13-18)28-24-20-14-22(32-12-11-30-2)23(15-21(20)26-16-27-24)31-10-9-29-8-7-25-17-29;;/h1,4-8,13-17H,9-12H2,2H3,(H,26,27,28);2*1H. The van der Waals surface area contributed by atoms with Gasteiger partial charge in [-0.3, -0.25) is 0 Å². The van der Waals surface area contributed by atoms with Crippen molar-refractivity contribution in [2.75, 3.05) is 32.2 Å². The second kappa shape index (κ2) is 13.3. The van der Waals surface area contributed by atoms with Crippen molar-refractivity contribution in [1.29, 1.82) is 0 Å². The van der Waals surface area contributed by atoms with E-state index in [1.807, 2.05) is 47.2 Å².